The van der Waals surface area contributed by atoms with E-state index in [-0.39, 0.29) is 31.1 Å². The molecule has 0 N–H and O–H groups in total. The highest BCUT2D eigenvalue weighted by Crippen LogP contribution is 2.14. The number of hydrogen-bond acceptors (Lipinski definition) is 6. The lowest BCUT2D eigenvalue weighted by molar-refractivity contribution is -0.167. The highest BCUT2D eigenvalue weighted by Gasteiger charge is 2.19. The molecule has 0 aliphatic carbocycles. The molecule has 6 heteroatoms. The summed E-state index contributed by atoms with van der Waals surface area (Å²) >= 11 is 0. The molecule has 0 aromatic heterocycles. The van der Waals surface area contributed by atoms with Crippen LogP contribution in [-0.4, -0.2) is 37.2 Å². The van der Waals surface area contributed by atoms with Crippen molar-refractivity contribution < 1.29 is 28.6 Å². The van der Waals surface area contributed by atoms with Gasteiger partial charge in [-0.2, -0.15) is 0 Å². The van der Waals surface area contributed by atoms with Crippen molar-refractivity contribution in [3.8, 4) is 0 Å². The smallest absolute Gasteiger partial charge is 0.306 e. The summed E-state index contributed by atoms with van der Waals surface area (Å²) in [6.45, 7) is 6.38. The Hall–Kier alpha value is -3.93. The van der Waals surface area contributed by atoms with E-state index < -0.39 is 6.10 Å². The minimum absolute atomic E-state index is 0.0962. The van der Waals surface area contributed by atoms with E-state index in [2.05, 4.69) is 130 Å². The molecule has 0 amide bonds. The molecule has 0 saturated carbocycles. The van der Waals surface area contributed by atoms with E-state index in [1.54, 1.807) is 0 Å². The molecule has 404 valence electrons. The zero-order valence-corrected chi connectivity index (χ0v) is 46.2. The second kappa shape index (κ2) is 58.6. The summed E-state index contributed by atoms with van der Waals surface area (Å²) in [5.41, 5.74) is 0. The van der Waals surface area contributed by atoms with Crippen molar-refractivity contribution in [1.29, 1.82) is 0 Å². The third kappa shape index (κ3) is 56.9. The second-order valence-electron chi connectivity index (χ2n) is 19.1. The molecular weight excluding hydrogens is 877 g/mol. The van der Waals surface area contributed by atoms with Crippen LogP contribution in [0, 0.1) is 0 Å². The Morgan fingerprint density at radius 1 is 0.296 bits per heavy atom. The molecule has 0 saturated heterocycles. The molecule has 0 aliphatic heterocycles. The summed E-state index contributed by atoms with van der Waals surface area (Å²) in [7, 11) is 0. The highest BCUT2D eigenvalue weighted by atomic mass is 16.6. The fourth-order valence-electron chi connectivity index (χ4n) is 7.89. The maximum absolute atomic E-state index is 12.9. The lowest BCUT2D eigenvalue weighted by atomic mass is 10.1. The van der Waals surface area contributed by atoms with Gasteiger partial charge < -0.3 is 14.2 Å². The van der Waals surface area contributed by atoms with Crippen molar-refractivity contribution in [3.63, 3.8) is 0 Å². The average molecular weight is 986 g/mol. The maximum Gasteiger partial charge on any atom is 0.306 e. The molecular formula is C65H108O6. The van der Waals surface area contributed by atoms with Crippen LogP contribution in [0.2, 0.25) is 0 Å². The average Bonchev–Trinajstić information content (AvgIpc) is 3.37. The van der Waals surface area contributed by atoms with Gasteiger partial charge in [0, 0.05) is 19.3 Å². The van der Waals surface area contributed by atoms with Gasteiger partial charge in [0.1, 0.15) is 13.2 Å². The van der Waals surface area contributed by atoms with E-state index in [0.717, 1.165) is 135 Å². The van der Waals surface area contributed by atoms with Crippen LogP contribution in [0.5, 0.6) is 0 Å². The number of esters is 3. The van der Waals surface area contributed by atoms with Crippen LogP contribution in [0.15, 0.2) is 109 Å². The zero-order chi connectivity index (χ0) is 51.4. The van der Waals surface area contributed by atoms with Crippen LogP contribution < -0.4 is 0 Å². The van der Waals surface area contributed by atoms with E-state index >= 15 is 0 Å². The van der Waals surface area contributed by atoms with Gasteiger partial charge in [0.25, 0.3) is 0 Å². The van der Waals surface area contributed by atoms with Gasteiger partial charge >= 0.3 is 17.9 Å². The topological polar surface area (TPSA) is 78.9 Å². The number of rotatable bonds is 52. The Balaban J connectivity index is 4.47. The van der Waals surface area contributed by atoms with Gasteiger partial charge in [-0.15, -0.1) is 0 Å². The monoisotopic (exact) mass is 985 g/mol. The maximum atomic E-state index is 12.9. The predicted molar refractivity (Wildman–Crippen MR) is 307 cm³/mol. The highest BCUT2D eigenvalue weighted by molar-refractivity contribution is 5.71. The van der Waals surface area contributed by atoms with Gasteiger partial charge in [-0.1, -0.05) is 233 Å². The molecule has 0 rings (SSSR count). The molecule has 0 heterocycles. The summed E-state index contributed by atoms with van der Waals surface area (Å²) in [6, 6.07) is 0. The Labute approximate surface area is 438 Å². The predicted octanol–water partition coefficient (Wildman–Crippen LogP) is 19.9. The lowest BCUT2D eigenvalue weighted by Crippen LogP contribution is -2.30. The first-order valence-electron chi connectivity index (χ1n) is 29.4. The standard InChI is InChI=1S/C65H108O6/c1-4-7-10-13-16-19-22-25-28-31-32-35-37-40-43-46-49-52-55-58-64(67)70-61-62(71-65(68)59-56-53-50-47-44-41-38-34-30-27-24-21-18-15-12-9-6-3)60-69-63(66)57-54-51-48-45-42-39-36-33-29-26-23-20-17-14-11-8-5-2/h7,9-10,12,16,18-19,21,25-30,32,35,38,41,62H,4-6,8,11,13-15,17,20,22-24,31,33-34,36-37,39-40,42-61H2,1-3H3/b10-7-,12-9-,19-16-,21-18-,28-25-,29-26-,30-27-,35-32-,41-38-. The SMILES string of the molecule is CC/C=C\C/C=C\C/C=C\C/C=C\CCCCCCCCC(=O)OCC(COC(=O)CCCCCCCCC/C=C\CCCCCCCC)OC(=O)CCCCCC/C=C\C/C=C\C/C=C\C/C=C\CC. The Kier molecular flexibility index (Phi) is 55.4. The second-order valence-corrected chi connectivity index (χ2v) is 19.1. The summed E-state index contributed by atoms with van der Waals surface area (Å²) in [4.78, 5) is 38.2. The van der Waals surface area contributed by atoms with Gasteiger partial charge in [0.2, 0.25) is 0 Å². The summed E-state index contributed by atoms with van der Waals surface area (Å²) in [5, 5.41) is 0. The Morgan fingerprint density at radius 3 is 0.873 bits per heavy atom. The lowest BCUT2D eigenvalue weighted by Gasteiger charge is -2.18. The molecule has 0 radical (unpaired) electrons. The van der Waals surface area contributed by atoms with E-state index in [1.807, 2.05) is 0 Å². The zero-order valence-electron chi connectivity index (χ0n) is 46.2. The molecule has 0 spiro atoms. The largest absolute Gasteiger partial charge is 0.462 e. The van der Waals surface area contributed by atoms with Crippen LogP contribution in [0.4, 0.5) is 0 Å². The number of allylic oxidation sites excluding steroid dienone is 18. The van der Waals surface area contributed by atoms with Gasteiger partial charge in [0.15, 0.2) is 6.10 Å². The molecule has 0 aromatic rings. The van der Waals surface area contributed by atoms with Gasteiger partial charge in [0.05, 0.1) is 0 Å². The van der Waals surface area contributed by atoms with E-state index in [9.17, 15) is 14.4 Å². The molecule has 0 fully saturated rings. The van der Waals surface area contributed by atoms with Crippen molar-refractivity contribution >= 4 is 17.9 Å². The Morgan fingerprint density at radius 2 is 0.549 bits per heavy atom. The van der Waals surface area contributed by atoms with Crippen LogP contribution in [0.1, 0.15) is 265 Å². The fraction of sp³-hybridized carbons (Fsp3) is 0.677. The van der Waals surface area contributed by atoms with E-state index in [4.69, 9.17) is 14.2 Å². The number of ether oxygens (including phenoxy) is 3. The van der Waals surface area contributed by atoms with Crippen LogP contribution in [-0.2, 0) is 28.6 Å². The first-order chi connectivity index (χ1) is 35.0. The number of unbranched alkanes of at least 4 members (excludes halogenated alkanes) is 23. The molecule has 0 bridgehead atoms. The van der Waals surface area contributed by atoms with Gasteiger partial charge in [-0.25, -0.2) is 0 Å². The molecule has 1 unspecified atom stereocenters. The number of carbonyl (C=O) groups excluding carboxylic acids is 3. The van der Waals surface area contributed by atoms with Crippen molar-refractivity contribution in [3.05, 3.63) is 109 Å². The van der Waals surface area contributed by atoms with Crippen LogP contribution in [0.25, 0.3) is 0 Å². The minimum Gasteiger partial charge on any atom is -0.462 e. The van der Waals surface area contributed by atoms with E-state index in [1.165, 1.54) is 89.9 Å². The number of carbonyl (C=O) groups is 3. The number of hydrogen-bond donors (Lipinski definition) is 0. The third-order valence-corrected chi connectivity index (χ3v) is 12.2. The molecule has 0 aromatic carbocycles. The Bertz CT molecular complexity index is 1460. The minimum atomic E-state index is -0.802. The molecule has 71 heavy (non-hydrogen) atoms. The molecule has 0 aliphatic rings. The van der Waals surface area contributed by atoms with Crippen molar-refractivity contribution in [1.82, 2.24) is 0 Å². The van der Waals surface area contributed by atoms with Crippen molar-refractivity contribution in [2.45, 2.75) is 271 Å². The molecule has 6 nitrogen and oxygen atoms in total. The van der Waals surface area contributed by atoms with Crippen molar-refractivity contribution in [2.75, 3.05) is 13.2 Å². The third-order valence-electron chi connectivity index (χ3n) is 12.2. The van der Waals surface area contributed by atoms with Crippen molar-refractivity contribution in [2.24, 2.45) is 0 Å². The van der Waals surface area contributed by atoms with Gasteiger partial charge in [-0.05, 0) is 122 Å². The van der Waals surface area contributed by atoms with Crippen LogP contribution in [0.3, 0.4) is 0 Å². The summed E-state index contributed by atoms with van der Waals surface area (Å²) in [6.07, 6.45) is 79.3. The van der Waals surface area contributed by atoms with E-state index in [0.29, 0.717) is 19.3 Å². The fourth-order valence-corrected chi connectivity index (χ4v) is 7.89. The first-order valence-corrected chi connectivity index (χ1v) is 29.4. The summed E-state index contributed by atoms with van der Waals surface area (Å²) in [5.74, 6) is -0.936. The molecule has 1 atom stereocenters. The summed E-state index contributed by atoms with van der Waals surface area (Å²) < 4.78 is 16.9. The quantitative estimate of drug-likeness (QED) is 0.0261. The van der Waals surface area contributed by atoms with Crippen LogP contribution >= 0.6 is 0 Å². The van der Waals surface area contributed by atoms with Gasteiger partial charge in [-0.3, -0.25) is 14.4 Å². The first kappa shape index (κ1) is 67.1. The normalized spacial score (nSPS) is 12.9.